The van der Waals surface area contributed by atoms with Gasteiger partial charge in [0.1, 0.15) is 0 Å². The van der Waals surface area contributed by atoms with Gasteiger partial charge in [0.05, 0.1) is 6.61 Å². The van der Waals surface area contributed by atoms with Crippen LogP contribution in [-0.2, 0) is 4.74 Å². The molecule has 1 unspecified atom stereocenters. The number of rotatable bonds is 7. The second-order valence-electron chi connectivity index (χ2n) is 5.35. The molecule has 0 bridgehead atoms. The molecule has 0 aromatic carbocycles. The molecule has 0 aliphatic heterocycles. The van der Waals surface area contributed by atoms with Crippen LogP contribution in [0.5, 0.6) is 0 Å². The fourth-order valence-corrected chi connectivity index (χ4v) is 2.36. The van der Waals surface area contributed by atoms with Crippen molar-refractivity contribution in [1.29, 1.82) is 0 Å². The van der Waals surface area contributed by atoms with E-state index in [1.807, 2.05) is 0 Å². The molecule has 1 N–H and O–H groups in total. The third-order valence-corrected chi connectivity index (χ3v) is 3.54. The smallest absolute Gasteiger partial charge is 0.0591 e. The van der Waals surface area contributed by atoms with E-state index in [0.29, 0.717) is 11.5 Å². The van der Waals surface area contributed by atoms with Gasteiger partial charge < -0.3 is 10.1 Å². The lowest BCUT2D eigenvalue weighted by Crippen LogP contribution is -2.39. The first-order valence-corrected chi connectivity index (χ1v) is 6.48. The molecule has 0 aromatic rings. The third-order valence-electron chi connectivity index (χ3n) is 3.54. The fourth-order valence-electron chi connectivity index (χ4n) is 2.36. The van der Waals surface area contributed by atoms with Crippen molar-refractivity contribution in [2.24, 2.45) is 5.41 Å². The fraction of sp³-hybridized carbons (Fsp3) is 1.00. The Morgan fingerprint density at radius 2 is 2.13 bits per heavy atom. The van der Waals surface area contributed by atoms with Gasteiger partial charge in [-0.1, -0.05) is 33.6 Å². The van der Waals surface area contributed by atoms with Crippen LogP contribution in [0.2, 0.25) is 0 Å². The highest BCUT2D eigenvalue weighted by molar-refractivity contribution is 4.89. The van der Waals surface area contributed by atoms with Crippen LogP contribution >= 0.6 is 0 Å². The normalized spacial score (nSPS) is 24.6. The largest absolute Gasteiger partial charge is 0.380 e. The third kappa shape index (κ3) is 4.52. The maximum atomic E-state index is 5.54. The van der Waals surface area contributed by atoms with Gasteiger partial charge in [0.25, 0.3) is 0 Å². The summed E-state index contributed by atoms with van der Waals surface area (Å²) in [6.45, 7) is 9.74. The first-order valence-electron chi connectivity index (χ1n) is 6.48. The summed E-state index contributed by atoms with van der Waals surface area (Å²) in [7, 11) is 0. The van der Waals surface area contributed by atoms with E-state index >= 15 is 0 Å². The molecular weight excluding hydrogens is 186 g/mol. The van der Waals surface area contributed by atoms with Crippen molar-refractivity contribution in [3.63, 3.8) is 0 Å². The Morgan fingerprint density at radius 3 is 2.73 bits per heavy atom. The summed E-state index contributed by atoms with van der Waals surface area (Å²) in [5, 5.41) is 3.62. The molecule has 0 heterocycles. The molecule has 0 spiro atoms. The van der Waals surface area contributed by atoms with Crippen molar-refractivity contribution in [2.75, 3.05) is 19.8 Å². The molecule has 1 fully saturated rings. The summed E-state index contributed by atoms with van der Waals surface area (Å²) in [5.41, 5.74) is 0.490. The quantitative estimate of drug-likeness (QED) is 0.656. The second kappa shape index (κ2) is 6.49. The molecular formula is C13H27NO. The monoisotopic (exact) mass is 213 g/mol. The van der Waals surface area contributed by atoms with Crippen LogP contribution in [0.15, 0.2) is 0 Å². The number of hydrogen-bond acceptors (Lipinski definition) is 2. The average molecular weight is 213 g/mol. The predicted octanol–water partition coefficient (Wildman–Crippen LogP) is 2.97. The Hall–Kier alpha value is -0.0800. The van der Waals surface area contributed by atoms with Crippen LogP contribution in [0, 0.1) is 5.41 Å². The molecule has 0 amide bonds. The first kappa shape index (κ1) is 13.0. The van der Waals surface area contributed by atoms with Gasteiger partial charge in [0.2, 0.25) is 0 Å². The summed E-state index contributed by atoms with van der Waals surface area (Å²) in [5.74, 6) is 0. The zero-order chi connectivity index (χ0) is 11.1. The van der Waals surface area contributed by atoms with Crippen molar-refractivity contribution in [3.05, 3.63) is 0 Å². The molecule has 2 heteroatoms. The number of nitrogens with one attached hydrogen (secondary N) is 1. The Kier molecular flexibility index (Phi) is 5.62. The van der Waals surface area contributed by atoms with Gasteiger partial charge in [-0.15, -0.1) is 0 Å². The van der Waals surface area contributed by atoms with Crippen LogP contribution in [0.4, 0.5) is 0 Å². The zero-order valence-electron chi connectivity index (χ0n) is 10.6. The molecule has 1 aliphatic carbocycles. The van der Waals surface area contributed by atoms with Crippen molar-refractivity contribution in [3.8, 4) is 0 Å². The molecule has 0 radical (unpaired) electrons. The Labute approximate surface area is 94.8 Å². The first-order chi connectivity index (χ1) is 7.17. The molecule has 90 valence electrons. The maximum Gasteiger partial charge on any atom is 0.0591 e. The highest BCUT2D eigenvalue weighted by atomic mass is 16.5. The summed E-state index contributed by atoms with van der Waals surface area (Å²) in [6.07, 6.45) is 6.49. The SMILES string of the molecule is CCCCOCCNC1CCCC1(C)C. The standard InChI is InChI=1S/C13H27NO/c1-4-5-10-15-11-9-14-12-7-6-8-13(12,2)3/h12,14H,4-11H2,1-3H3. The number of hydrogen-bond donors (Lipinski definition) is 1. The van der Waals surface area contributed by atoms with Crippen molar-refractivity contribution >= 4 is 0 Å². The van der Waals surface area contributed by atoms with Gasteiger partial charge in [-0.05, 0) is 24.7 Å². The highest BCUT2D eigenvalue weighted by Gasteiger charge is 2.33. The van der Waals surface area contributed by atoms with Gasteiger partial charge in [0, 0.05) is 19.2 Å². The Morgan fingerprint density at radius 1 is 1.33 bits per heavy atom. The summed E-state index contributed by atoms with van der Waals surface area (Å²) in [4.78, 5) is 0. The topological polar surface area (TPSA) is 21.3 Å². The molecule has 2 nitrogen and oxygen atoms in total. The number of ether oxygens (including phenoxy) is 1. The van der Waals surface area contributed by atoms with E-state index in [1.165, 1.54) is 32.1 Å². The minimum Gasteiger partial charge on any atom is -0.380 e. The Balaban J connectivity index is 2.00. The second-order valence-corrected chi connectivity index (χ2v) is 5.35. The van der Waals surface area contributed by atoms with Gasteiger partial charge in [-0.25, -0.2) is 0 Å². The highest BCUT2D eigenvalue weighted by Crippen LogP contribution is 2.36. The van der Waals surface area contributed by atoms with Crippen LogP contribution in [0.1, 0.15) is 52.9 Å². The predicted molar refractivity (Wildman–Crippen MR) is 65.1 cm³/mol. The van der Waals surface area contributed by atoms with E-state index in [2.05, 4.69) is 26.1 Å². The van der Waals surface area contributed by atoms with E-state index in [4.69, 9.17) is 4.74 Å². The van der Waals surface area contributed by atoms with E-state index in [9.17, 15) is 0 Å². The minimum absolute atomic E-state index is 0.490. The average Bonchev–Trinajstić information content (AvgIpc) is 2.52. The van der Waals surface area contributed by atoms with Crippen molar-refractivity contribution < 1.29 is 4.74 Å². The zero-order valence-corrected chi connectivity index (χ0v) is 10.6. The number of unbranched alkanes of at least 4 members (excludes halogenated alkanes) is 1. The maximum absolute atomic E-state index is 5.54. The molecule has 0 aromatic heterocycles. The van der Waals surface area contributed by atoms with E-state index in [-0.39, 0.29) is 0 Å². The molecule has 0 saturated heterocycles. The van der Waals surface area contributed by atoms with Crippen molar-refractivity contribution in [1.82, 2.24) is 5.32 Å². The van der Waals surface area contributed by atoms with Crippen LogP contribution in [0.3, 0.4) is 0 Å². The van der Waals surface area contributed by atoms with E-state index < -0.39 is 0 Å². The van der Waals surface area contributed by atoms with E-state index in [1.54, 1.807) is 0 Å². The minimum atomic E-state index is 0.490. The molecule has 1 atom stereocenters. The van der Waals surface area contributed by atoms with Crippen LogP contribution in [-0.4, -0.2) is 25.8 Å². The molecule has 15 heavy (non-hydrogen) atoms. The summed E-state index contributed by atoms with van der Waals surface area (Å²) >= 11 is 0. The Bertz CT molecular complexity index is 168. The summed E-state index contributed by atoms with van der Waals surface area (Å²) < 4.78 is 5.54. The summed E-state index contributed by atoms with van der Waals surface area (Å²) in [6, 6.07) is 0.701. The molecule has 1 saturated carbocycles. The van der Waals surface area contributed by atoms with Crippen molar-refractivity contribution in [2.45, 2.75) is 58.9 Å². The lowest BCUT2D eigenvalue weighted by Gasteiger charge is -2.27. The van der Waals surface area contributed by atoms with Gasteiger partial charge in [-0.2, -0.15) is 0 Å². The molecule has 1 rings (SSSR count). The van der Waals surface area contributed by atoms with Crippen LogP contribution < -0.4 is 5.32 Å². The van der Waals surface area contributed by atoms with Gasteiger partial charge >= 0.3 is 0 Å². The van der Waals surface area contributed by atoms with Gasteiger partial charge in [-0.3, -0.25) is 0 Å². The lowest BCUT2D eigenvalue weighted by molar-refractivity contribution is 0.126. The molecule has 1 aliphatic rings. The van der Waals surface area contributed by atoms with Gasteiger partial charge in [0.15, 0.2) is 0 Å². The lowest BCUT2D eigenvalue weighted by atomic mass is 9.87. The van der Waals surface area contributed by atoms with Crippen LogP contribution in [0.25, 0.3) is 0 Å². The van der Waals surface area contributed by atoms with E-state index in [0.717, 1.165) is 19.8 Å².